The van der Waals surface area contributed by atoms with E-state index in [1.807, 2.05) is 42.5 Å². The average molecular weight is 374 g/mol. The van der Waals surface area contributed by atoms with Crippen LogP contribution >= 0.6 is 0 Å². The number of rotatable bonds is 2. The quantitative estimate of drug-likeness (QED) is 0.505. The summed E-state index contributed by atoms with van der Waals surface area (Å²) in [6.45, 7) is 2.98. The summed E-state index contributed by atoms with van der Waals surface area (Å²) in [4.78, 5) is 27.4. The van der Waals surface area contributed by atoms with Gasteiger partial charge in [-0.25, -0.2) is 4.90 Å². The fourth-order valence-electron chi connectivity index (χ4n) is 5.08. The van der Waals surface area contributed by atoms with Gasteiger partial charge in [0.15, 0.2) is 0 Å². The maximum atomic E-state index is 13.0. The lowest BCUT2D eigenvalue weighted by molar-refractivity contribution is -0.124. The van der Waals surface area contributed by atoms with Crippen molar-refractivity contribution in [1.82, 2.24) is 4.57 Å². The summed E-state index contributed by atoms with van der Waals surface area (Å²) < 4.78 is 7.99. The Bertz CT molecular complexity index is 1150. The van der Waals surface area contributed by atoms with Gasteiger partial charge in [-0.2, -0.15) is 0 Å². The second-order valence-corrected chi connectivity index (χ2v) is 7.48. The van der Waals surface area contributed by atoms with E-state index in [0.717, 1.165) is 22.8 Å². The van der Waals surface area contributed by atoms with E-state index in [0.29, 0.717) is 5.69 Å². The van der Waals surface area contributed by atoms with Crippen LogP contribution < -0.4 is 4.90 Å². The van der Waals surface area contributed by atoms with Crippen LogP contribution in [0.1, 0.15) is 14.4 Å². The Balaban J connectivity index is 0.00000171. The molecular weight excluding hydrogens is 352 g/mol. The van der Waals surface area contributed by atoms with E-state index >= 15 is 0 Å². The van der Waals surface area contributed by atoms with Crippen LogP contribution in [-0.4, -0.2) is 28.6 Å². The topological polar surface area (TPSA) is 51.5 Å². The van der Waals surface area contributed by atoms with Crippen molar-refractivity contribution in [2.75, 3.05) is 4.90 Å². The molecule has 2 bridgehead atoms. The first-order chi connectivity index (χ1) is 13.2. The molecule has 1 aromatic heterocycles. The summed E-state index contributed by atoms with van der Waals surface area (Å²) in [5, 5.41) is 2.21. The highest BCUT2D eigenvalue weighted by Crippen LogP contribution is 2.46. The predicted molar refractivity (Wildman–Crippen MR) is 109 cm³/mol. The van der Waals surface area contributed by atoms with Crippen LogP contribution in [0, 0.1) is 11.8 Å². The van der Waals surface area contributed by atoms with Crippen LogP contribution in [0.2, 0.25) is 0 Å². The van der Waals surface area contributed by atoms with E-state index in [-0.39, 0.29) is 43.3 Å². The van der Waals surface area contributed by atoms with Crippen molar-refractivity contribution in [3.8, 4) is 0 Å². The van der Waals surface area contributed by atoms with Gasteiger partial charge in [-0.05, 0) is 31.2 Å². The van der Waals surface area contributed by atoms with Gasteiger partial charge in [0, 0.05) is 28.4 Å². The molecule has 5 nitrogen and oxygen atoms in total. The van der Waals surface area contributed by atoms with Crippen LogP contribution in [0.3, 0.4) is 0 Å². The molecule has 2 amide bonds. The number of carbonyl (C=O) groups excluding carboxylic acids is 2. The van der Waals surface area contributed by atoms with Crippen LogP contribution in [0.4, 0.5) is 5.69 Å². The molecule has 4 heterocycles. The molecule has 6 rings (SSSR count). The summed E-state index contributed by atoms with van der Waals surface area (Å²) in [5.41, 5.74) is 2.94. The number of amides is 2. The van der Waals surface area contributed by atoms with Gasteiger partial charge in [-0.1, -0.05) is 37.8 Å². The Morgan fingerprint density at radius 3 is 2.21 bits per heavy atom. The summed E-state index contributed by atoms with van der Waals surface area (Å²) in [5.74, 6) is -1.03. The van der Waals surface area contributed by atoms with E-state index in [1.165, 1.54) is 10.4 Å². The SMILES string of the molecule is C.CCn1c2ccccc2c2cc(N3C(=O)C4C5C=CC(O5)[C@H]4C3=O)ccc21. The number of aromatic nitrogens is 1. The van der Waals surface area contributed by atoms with E-state index in [1.54, 1.807) is 0 Å². The zero-order valence-electron chi connectivity index (χ0n) is 14.8. The van der Waals surface area contributed by atoms with Crippen molar-refractivity contribution in [2.24, 2.45) is 11.8 Å². The highest BCUT2D eigenvalue weighted by atomic mass is 16.5. The van der Waals surface area contributed by atoms with Gasteiger partial charge in [0.05, 0.1) is 29.7 Å². The fourth-order valence-corrected chi connectivity index (χ4v) is 5.08. The maximum Gasteiger partial charge on any atom is 0.240 e. The number of anilines is 1. The Morgan fingerprint density at radius 2 is 1.54 bits per heavy atom. The predicted octanol–water partition coefficient (Wildman–Crippen LogP) is 3.89. The second-order valence-electron chi connectivity index (χ2n) is 7.48. The maximum absolute atomic E-state index is 13.0. The molecule has 2 saturated heterocycles. The molecular formula is C23H22N2O3. The Kier molecular flexibility index (Phi) is 3.55. The number of fused-ring (bicyclic) bond motifs is 8. The number of para-hydroxylation sites is 1. The zero-order chi connectivity index (χ0) is 18.3. The third-order valence-corrected chi connectivity index (χ3v) is 6.24. The second kappa shape index (κ2) is 5.79. The summed E-state index contributed by atoms with van der Waals surface area (Å²) in [6.07, 6.45) is 3.32. The first-order valence-electron chi connectivity index (χ1n) is 9.41. The lowest BCUT2D eigenvalue weighted by Gasteiger charge is -2.18. The van der Waals surface area contributed by atoms with Crippen molar-refractivity contribution in [3.63, 3.8) is 0 Å². The fraction of sp³-hybridized carbons (Fsp3) is 0.304. The molecule has 3 aromatic rings. The molecule has 142 valence electrons. The monoisotopic (exact) mass is 374 g/mol. The van der Waals surface area contributed by atoms with Gasteiger partial charge < -0.3 is 9.30 Å². The molecule has 0 radical (unpaired) electrons. The molecule has 28 heavy (non-hydrogen) atoms. The summed E-state index contributed by atoms with van der Waals surface area (Å²) in [6, 6.07) is 14.1. The van der Waals surface area contributed by atoms with Gasteiger partial charge in [0.1, 0.15) is 0 Å². The Labute approximate surface area is 163 Å². The van der Waals surface area contributed by atoms with E-state index in [2.05, 4.69) is 23.6 Å². The number of aryl methyl sites for hydroxylation is 1. The molecule has 2 fully saturated rings. The van der Waals surface area contributed by atoms with Gasteiger partial charge in [0.2, 0.25) is 11.8 Å². The molecule has 5 heteroatoms. The molecule has 0 saturated carbocycles. The molecule has 3 unspecified atom stereocenters. The highest BCUT2D eigenvalue weighted by molar-refractivity contribution is 6.24. The molecule has 0 spiro atoms. The van der Waals surface area contributed by atoms with Gasteiger partial charge in [-0.15, -0.1) is 0 Å². The molecule has 3 aliphatic rings. The van der Waals surface area contributed by atoms with E-state index in [4.69, 9.17) is 4.74 Å². The van der Waals surface area contributed by atoms with Gasteiger partial charge >= 0.3 is 0 Å². The van der Waals surface area contributed by atoms with Crippen LogP contribution in [0.5, 0.6) is 0 Å². The number of hydrogen-bond donors (Lipinski definition) is 0. The van der Waals surface area contributed by atoms with Crippen molar-refractivity contribution in [1.29, 1.82) is 0 Å². The normalized spacial score (nSPS) is 27.8. The first kappa shape index (κ1) is 17.2. The van der Waals surface area contributed by atoms with E-state index in [9.17, 15) is 9.59 Å². The van der Waals surface area contributed by atoms with Crippen LogP contribution in [-0.2, 0) is 20.9 Å². The number of benzene rings is 2. The molecule has 2 aromatic carbocycles. The number of hydrogen-bond acceptors (Lipinski definition) is 3. The zero-order valence-corrected chi connectivity index (χ0v) is 14.8. The van der Waals surface area contributed by atoms with Crippen molar-refractivity contribution in [3.05, 3.63) is 54.6 Å². The minimum atomic E-state index is -0.375. The average Bonchev–Trinajstić information content (AvgIpc) is 3.43. The number of carbonyl (C=O) groups is 2. The Hall–Kier alpha value is -2.92. The van der Waals surface area contributed by atoms with Gasteiger partial charge in [0.25, 0.3) is 0 Å². The Morgan fingerprint density at radius 1 is 0.893 bits per heavy atom. The lowest BCUT2D eigenvalue weighted by Crippen LogP contribution is -2.34. The molecule has 0 N–H and O–H groups in total. The summed E-state index contributed by atoms with van der Waals surface area (Å²) in [7, 11) is 0. The third-order valence-electron chi connectivity index (χ3n) is 6.24. The summed E-state index contributed by atoms with van der Waals surface area (Å²) >= 11 is 0. The number of ether oxygens (including phenoxy) is 1. The first-order valence-corrected chi connectivity index (χ1v) is 9.41. The smallest absolute Gasteiger partial charge is 0.240 e. The minimum absolute atomic E-state index is 0. The van der Waals surface area contributed by atoms with Crippen LogP contribution in [0.15, 0.2) is 54.6 Å². The van der Waals surface area contributed by atoms with Crippen molar-refractivity contribution in [2.45, 2.75) is 33.1 Å². The standard InChI is InChI=1S/C22H18N2O3.CH4/c1-2-23-15-6-4-3-5-13(15)14-11-12(7-8-16(14)23)24-21(25)19-17-9-10-18(27-17)20(19)22(24)26;/h3-11,17-20H,2H2,1H3;1H4/t17?,18?,19-,20?;/m1./s1. The number of nitrogens with zero attached hydrogens (tertiary/aromatic N) is 2. The molecule has 4 atom stereocenters. The van der Waals surface area contributed by atoms with Gasteiger partial charge in [-0.3, -0.25) is 9.59 Å². The molecule has 3 aliphatic heterocycles. The third kappa shape index (κ3) is 1.94. The highest BCUT2D eigenvalue weighted by Gasteiger charge is 2.61. The van der Waals surface area contributed by atoms with E-state index < -0.39 is 0 Å². The largest absolute Gasteiger partial charge is 0.365 e. The minimum Gasteiger partial charge on any atom is -0.365 e. The van der Waals surface area contributed by atoms with Crippen molar-refractivity contribution < 1.29 is 14.3 Å². The van der Waals surface area contributed by atoms with Crippen molar-refractivity contribution >= 4 is 39.3 Å². The number of imide groups is 1. The molecule has 0 aliphatic carbocycles. The lowest BCUT2D eigenvalue weighted by atomic mass is 9.85. The van der Waals surface area contributed by atoms with Crippen LogP contribution in [0.25, 0.3) is 21.8 Å².